The van der Waals surface area contributed by atoms with Gasteiger partial charge in [-0.15, -0.1) is 0 Å². The number of nitrogens with zero attached hydrogens (tertiary/aromatic N) is 3. The van der Waals surface area contributed by atoms with Gasteiger partial charge in [-0.1, -0.05) is 11.6 Å². The number of hydrogen-bond acceptors (Lipinski definition) is 5. The zero-order valence-corrected chi connectivity index (χ0v) is 9.81. The lowest BCUT2D eigenvalue weighted by Crippen LogP contribution is -2.44. The van der Waals surface area contributed by atoms with Gasteiger partial charge in [-0.2, -0.15) is 0 Å². The van der Waals surface area contributed by atoms with Gasteiger partial charge in [-0.05, 0) is 6.92 Å². The van der Waals surface area contributed by atoms with Crippen molar-refractivity contribution in [1.29, 1.82) is 0 Å². The van der Waals surface area contributed by atoms with Crippen LogP contribution in [-0.2, 0) is 4.74 Å². The minimum Gasteiger partial charge on any atom is -0.394 e. The zero-order valence-electron chi connectivity index (χ0n) is 9.06. The summed E-state index contributed by atoms with van der Waals surface area (Å²) in [5.74, 6) is 1.44. The molecule has 2 heterocycles. The maximum absolute atomic E-state index is 9.05. The van der Waals surface area contributed by atoms with E-state index in [0.29, 0.717) is 24.1 Å². The van der Waals surface area contributed by atoms with E-state index in [4.69, 9.17) is 21.4 Å². The molecule has 0 aromatic carbocycles. The lowest BCUT2D eigenvalue weighted by molar-refractivity contribution is 0.00335. The van der Waals surface area contributed by atoms with Crippen molar-refractivity contribution in [1.82, 2.24) is 9.97 Å². The van der Waals surface area contributed by atoms with Crippen LogP contribution in [-0.4, -0.2) is 47.5 Å². The summed E-state index contributed by atoms with van der Waals surface area (Å²) >= 11 is 5.88. The maximum Gasteiger partial charge on any atom is 0.134 e. The SMILES string of the molecule is Cc1nc(Cl)cc(N2CCOC(CO)C2)n1. The fraction of sp³-hybridized carbons (Fsp3) is 0.600. The number of halogens is 1. The first-order chi connectivity index (χ1) is 7.69. The molecule has 1 unspecified atom stereocenters. The van der Waals surface area contributed by atoms with E-state index in [1.807, 2.05) is 4.90 Å². The van der Waals surface area contributed by atoms with Gasteiger partial charge in [0.05, 0.1) is 19.3 Å². The van der Waals surface area contributed by atoms with Gasteiger partial charge in [0.25, 0.3) is 0 Å². The predicted molar refractivity (Wildman–Crippen MR) is 60.8 cm³/mol. The molecule has 0 amide bonds. The normalized spacial score (nSPS) is 21.2. The Morgan fingerprint density at radius 1 is 1.62 bits per heavy atom. The summed E-state index contributed by atoms with van der Waals surface area (Å²) in [5.41, 5.74) is 0. The van der Waals surface area contributed by atoms with E-state index < -0.39 is 0 Å². The Morgan fingerprint density at radius 3 is 3.12 bits per heavy atom. The van der Waals surface area contributed by atoms with E-state index in [-0.39, 0.29) is 12.7 Å². The molecule has 1 aromatic heterocycles. The third-order valence-corrected chi connectivity index (χ3v) is 2.65. The Bertz CT molecular complexity index is 355. The summed E-state index contributed by atoms with van der Waals surface area (Å²) in [6.07, 6.45) is -0.150. The number of aliphatic hydroxyl groups is 1. The summed E-state index contributed by atoms with van der Waals surface area (Å²) in [6, 6.07) is 1.73. The van der Waals surface area contributed by atoms with Crippen LogP contribution in [0.25, 0.3) is 0 Å². The number of aliphatic hydroxyl groups excluding tert-OH is 1. The number of aromatic nitrogens is 2. The highest BCUT2D eigenvalue weighted by atomic mass is 35.5. The van der Waals surface area contributed by atoms with Crippen molar-refractivity contribution >= 4 is 17.4 Å². The van der Waals surface area contributed by atoms with Crippen molar-refractivity contribution < 1.29 is 9.84 Å². The lowest BCUT2D eigenvalue weighted by atomic mass is 10.3. The van der Waals surface area contributed by atoms with Gasteiger partial charge in [-0.25, -0.2) is 9.97 Å². The molecule has 1 fully saturated rings. The van der Waals surface area contributed by atoms with Crippen molar-refractivity contribution in [2.75, 3.05) is 31.2 Å². The van der Waals surface area contributed by atoms with E-state index in [1.165, 1.54) is 0 Å². The van der Waals surface area contributed by atoms with E-state index in [0.717, 1.165) is 12.4 Å². The molecule has 6 heteroatoms. The highest BCUT2D eigenvalue weighted by Crippen LogP contribution is 2.18. The fourth-order valence-electron chi connectivity index (χ4n) is 1.72. The average Bonchev–Trinajstić information content (AvgIpc) is 2.28. The van der Waals surface area contributed by atoms with Crippen molar-refractivity contribution in [2.24, 2.45) is 0 Å². The fourth-order valence-corrected chi connectivity index (χ4v) is 1.94. The van der Waals surface area contributed by atoms with Crippen LogP contribution in [0.3, 0.4) is 0 Å². The van der Waals surface area contributed by atoms with Crippen LogP contribution in [0.4, 0.5) is 5.82 Å². The van der Waals surface area contributed by atoms with Crippen molar-refractivity contribution in [3.8, 4) is 0 Å². The van der Waals surface area contributed by atoms with Gasteiger partial charge in [-0.3, -0.25) is 0 Å². The van der Waals surface area contributed by atoms with Crippen molar-refractivity contribution in [3.63, 3.8) is 0 Å². The van der Waals surface area contributed by atoms with Gasteiger partial charge < -0.3 is 14.7 Å². The van der Waals surface area contributed by atoms with Crippen LogP contribution >= 0.6 is 11.6 Å². The number of anilines is 1. The van der Waals surface area contributed by atoms with Gasteiger partial charge in [0.15, 0.2) is 0 Å². The Kier molecular flexibility index (Phi) is 3.58. The van der Waals surface area contributed by atoms with Crippen LogP contribution in [0, 0.1) is 6.92 Å². The topological polar surface area (TPSA) is 58.5 Å². The van der Waals surface area contributed by atoms with Crippen LogP contribution in [0.1, 0.15) is 5.82 Å². The molecular weight excluding hydrogens is 230 g/mol. The zero-order chi connectivity index (χ0) is 11.5. The van der Waals surface area contributed by atoms with E-state index in [1.54, 1.807) is 13.0 Å². The molecule has 1 atom stereocenters. The molecule has 5 nitrogen and oxygen atoms in total. The van der Waals surface area contributed by atoms with E-state index in [9.17, 15) is 0 Å². The monoisotopic (exact) mass is 243 g/mol. The molecular formula is C10H14ClN3O2. The number of hydrogen-bond donors (Lipinski definition) is 1. The minimum atomic E-state index is -0.150. The average molecular weight is 244 g/mol. The molecule has 2 rings (SSSR count). The number of morpholine rings is 1. The Morgan fingerprint density at radius 2 is 2.44 bits per heavy atom. The first-order valence-corrected chi connectivity index (χ1v) is 5.55. The molecule has 1 aliphatic heterocycles. The first-order valence-electron chi connectivity index (χ1n) is 5.17. The van der Waals surface area contributed by atoms with Gasteiger partial charge in [0, 0.05) is 19.2 Å². The lowest BCUT2D eigenvalue weighted by Gasteiger charge is -2.32. The molecule has 1 saturated heterocycles. The summed E-state index contributed by atoms with van der Waals surface area (Å²) in [6.45, 7) is 3.80. The highest BCUT2D eigenvalue weighted by Gasteiger charge is 2.21. The van der Waals surface area contributed by atoms with Crippen molar-refractivity contribution in [3.05, 3.63) is 17.0 Å². The molecule has 1 aromatic rings. The molecule has 0 bridgehead atoms. The van der Waals surface area contributed by atoms with Crippen LogP contribution < -0.4 is 4.90 Å². The van der Waals surface area contributed by atoms with Crippen LogP contribution in [0.15, 0.2) is 6.07 Å². The number of aryl methyl sites for hydroxylation is 1. The molecule has 0 radical (unpaired) electrons. The molecule has 0 saturated carbocycles. The summed E-state index contributed by atoms with van der Waals surface area (Å²) in [4.78, 5) is 10.4. The number of ether oxygens (including phenoxy) is 1. The number of rotatable bonds is 2. The van der Waals surface area contributed by atoms with Crippen LogP contribution in [0.2, 0.25) is 5.15 Å². The molecule has 1 N–H and O–H groups in total. The first kappa shape index (κ1) is 11.6. The van der Waals surface area contributed by atoms with E-state index >= 15 is 0 Å². The molecule has 0 aliphatic carbocycles. The van der Waals surface area contributed by atoms with Gasteiger partial charge >= 0.3 is 0 Å². The molecule has 16 heavy (non-hydrogen) atoms. The largest absolute Gasteiger partial charge is 0.394 e. The second-order valence-corrected chi connectivity index (χ2v) is 4.10. The van der Waals surface area contributed by atoms with E-state index in [2.05, 4.69) is 9.97 Å². The summed E-state index contributed by atoms with van der Waals surface area (Å²) in [5, 5.41) is 9.49. The smallest absolute Gasteiger partial charge is 0.134 e. The van der Waals surface area contributed by atoms with Gasteiger partial charge in [0.2, 0.25) is 0 Å². The van der Waals surface area contributed by atoms with Crippen molar-refractivity contribution in [2.45, 2.75) is 13.0 Å². The minimum absolute atomic E-state index is 0.0221. The summed E-state index contributed by atoms with van der Waals surface area (Å²) < 4.78 is 5.37. The third-order valence-electron chi connectivity index (χ3n) is 2.46. The van der Waals surface area contributed by atoms with Crippen LogP contribution in [0.5, 0.6) is 0 Å². The molecule has 88 valence electrons. The highest BCUT2D eigenvalue weighted by molar-refractivity contribution is 6.29. The second-order valence-electron chi connectivity index (χ2n) is 3.72. The molecule has 0 spiro atoms. The predicted octanol–water partition coefficient (Wildman–Crippen LogP) is 0.636. The van der Waals surface area contributed by atoms with Gasteiger partial charge in [0.1, 0.15) is 16.8 Å². The third kappa shape index (κ3) is 2.61. The quantitative estimate of drug-likeness (QED) is 0.773. The Hall–Kier alpha value is -0.910. The Labute approximate surface area is 99.0 Å². The maximum atomic E-state index is 9.05. The molecule has 1 aliphatic rings. The second kappa shape index (κ2) is 4.95. The standard InChI is InChI=1S/C10H14ClN3O2/c1-7-12-9(11)4-10(13-7)14-2-3-16-8(5-14)6-15/h4,8,15H,2-3,5-6H2,1H3. The Balaban J connectivity index is 2.16. The summed E-state index contributed by atoms with van der Waals surface area (Å²) in [7, 11) is 0.